The lowest BCUT2D eigenvalue weighted by molar-refractivity contribution is 0.338. The van der Waals surface area contributed by atoms with E-state index in [-0.39, 0.29) is 21.4 Å². The molecule has 21 heavy (non-hydrogen) atoms. The third-order valence-electron chi connectivity index (χ3n) is 3.23. The Balaban J connectivity index is 3.07. The van der Waals surface area contributed by atoms with E-state index in [0.29, 0.717) is 11.3 Å². The first kappa shape index (κ1) is 16.0. The zero-order valence-corrected chi connectivity index (χ0v) is 14.0. The van der Waals surface area contributed by atoms with Crippen LogP contribution in [0.2, 0.25) is 5.02 Å². The van der Waals surface area contributed by atoms with Crippen molar-refractivity contribution in [1.29, 1.82) is 0 Å². The lowest BCUT2D eigenvalue weighted by Crippen LogP contribution is -2.40. The van der Waals surface area contributed by atoms with Crippen molar-refractivity contribution in [3.8, 4) is 0 Å². The maximum Gasteiger partial charge on any atom is 0.262 e. The van der Waals surface area contributed by atoms with E-state index >= 15 is 0 Å². The molecule has 5 heteroatoms. The summed E-state index contributed by atoms with van der Waals surface area (Å²) in [6, 6.07) is 2.38. The molecular weight excluding hydrogens is 291 g/mol. The molecule has 0 aliphatic heterocycles. The summed E-state index contributed by atoms with van der Waals surface area (Å²) in [6.45, 7) is 11.7. The molecule has 114 valence electrons. The maximum atomic E-state index is 13.6. The van der Waals surface area contributed by atoms with E-state index in [1.54, 1.807) is 4.57 Å². The Kier molecular flexibility index (Phi) is 3.65. The van der Waals surface area contributed by atoms with Crippen molar-refractivity contribution in [3.05, 3.63) is 39.2 Å². The van der Waals surface area contributed by atoms with Gasteiger partial charge < -0.3 is 0 Å². The normalized spacial score (nSPS) is 13.0. The largest absolute Gasteiger partial charge is 0.290 e. The zero-order valence-electron chi connectivity index (χ0n) is 13.2. The smallest absolute Gasteiger partial charge is 0.262 e. The topological polar surface area (TPSA) is 34.9 Å². The standard InChI is InChI=1S/C16H20ClFN2O/c1-15(2,3)14-19-12-10(7-9(18)8-11(12)17)13(21)20(14)16(4,5)6/h7-8H,1-6H3. The molecule has 1 aromatic carbocycles. The van der Waals surface area contributed by atoms with Crippen molar-refractivity contribution in [2.75, 3.05) is 0 Å². The Labute approximate surface area is 128 Å². The Hall–Kier alpha value is -1.42. The molecule has 1 aromatic heterocycles. The van der Waals surface area contributed by atoms with Crippen molar-refractivity contribution in [3.63, 3.8) is 0 Å². The van der Waals surface area contributed by atoms with Crippen LogP contribution < -0.4 is 5.56 Å². The lowest BCUT2D eigenvalue weighted by atomic mass is 9.93. The number of fused-ring (bicyclic) bond motifs is 1. The van der Waals surface area contributed by atoms with Crippen LogP contribution in [0.5, 0.6) is 0 Å². The zero-order chi connectivity index (χ0) is 16.2. The first-order valence-electron chi connectivity index (χ1n) is 6.85. The Morgan fingerprint density at radius 1 is 1.14 bits per heavy atom. The van der Waals surface area contributed by atoms with Crippen LogP contribution in [0.15, 0.2) is 16.9 Å². The number of halogens is 2. The highest BCUT2D eigenvalue weighted by Gasteiger charge is 2.29. The molecule has 3 nitrogen and oxygen atoms in total. The fraction of sp³-hybridized carbons (Fsp3) is 0.500. The van der Waals surface area contributed by atoms with E-state index in [1.165, 1.54) is 12.1 Å². The van der Waals surface area contributed by atoms with E-state index in [9.17, 15) is 9.18 Å². The highest BCUT2D eigenvalue weighted by Crippen LogP contribution is 2.28. The Bertz CT molecular complexity index is 767. The van der Waals surface area contributed by atoms with Gasteiger partial charge in [-0.2, -0.15) is 0 Å². The minimum absolute atomic E-state index is 0.161. The number of benzene rings is 1. The molecule has 0 aliphatic carbocycles. The molecule has 0 fully saturated rings. The summed E-state index contributed by atoms with van der Waals surface area (Å²) in [5.74, 6) is 0.108. The molecule has 0 spiro atoms. The van der Waals surface area contributed by atoms with E-state index in [2.05, 4.69) is 4.98 Å². The summed E-state index contributed by atoms with van der Waals surface area (Å²) in [5, 5.41) is 0.372. The fourth-order valence-corrected chi connectivity index (χ4v) is 2.59. The van der Waals surface area contributed by atoms with Crippen molar-refractivity contribution in [2.24, 2.45) is 0 Å². The molecule has 1 heterocycles. The molecular formula is C16H20ClFN2O. The third-order valence-corrected chi connectivity index (χ3v) is 3.52. The summed E-state index contributed by atoms with van der Waals surface area (Å²) in [6.07, 6.45) is 0. The van der Waals surface area contributed by atoms with E-state index in [1.807, 2.05) is 41.5 Å². The Morgan fingerprint density at radius 2 is 1.71 bits per heavy atom. The lowest BCUT2D eigenvalue weighted by Gasteiger charge is -2.31. The number of aromatic nitrogens is 2. The van der Waals surface area contributed by atoms with Gasteiger partial charge in [0.2, 0.25) is 0 Å². The summed E-state index contributed by atoms with van der Waals surface area (Å²) in [5.41, 5.74) is -0.704. The quantitative estimate of drug-likeness (QED) is 0.729. The van der Waals surface area contributed by atoms with Crippen LogP contribution in [0.1, 0.15) is 47.4 Å². The highest BCUT2D eigenvalue weighted by atomic mass is 35.5. The van der Waals surface area contributed by atoms with Gasteiger partial charge in [0.1, 0.15) is 11.6 Å². The average molecular weight is 311 g/mol. The first-order chi connectivity index (χ1) is 9.43. The molecule has 0 atom stereocenters. The highest BCUT2D eigenvalue weighted by molar-refractivity contribution is 6.35. The van der Waals surface area contributed by atoms with Crippen LogP contribution in [0, 0.1) is 5.82 Å². The van der Waals surface area contributed by atoms with Crippen molar-refractivity contribution >= 4 is 22.5 Å². The predicted octanol–water partition coefficient (Wildman–Crippen LogP) is 4.24. The second-order valence-electron chi connectivity index (χ2n) is 7.28. The molecule has 2 aromatic rings. The van der Waals surface area contributed by atoms with Crippen molar-refractivity contribution in [2.45, 2.75) is 52.5 Å². The molecule has 0 amide bonds. The fourth-order valence-electron chi connectivity index (χ4n) is 2.34. The van der Waals surface area contributed by atoms with Crippen molar-refractivity contribution in [1.82, 2.24) is 9.55 Å². The molecule has 0 N–H and O–H groups in total. The van der Waals surface area contributed by atoms with Gasteiger partial charge in [-0.1, -0.05) is 32.4 Å². The van der Waals surface area contributed by atoms with Crippen LogP contribution >= 0.6 is 11.6 Å². The summed E-state index contributed by atoms with van der Waals surface area (Å²) < 4.78 is 15.2. The summed E-state index contributed by atoms with van der Waals surface area (Å²) in [4.78, 5) is 17.4. The van der Waals surface area contributed by atoms with Crippen LogP contribution in [-0.2, 0) is 11.0 Å². The van der Waals surface area contributed by atoms with Gasteiger partial charge in [-0.25, -0.2) is 9.37 Å². The maximum absolute atomic E-state index is 13.6. The molecule has 0 bridgehead atoms. The van der Waals surface area contributed by atoms with E-state index in [0.717, 1.165) is 0 Å². The molecule has 0 unspecified atom stereocenters. The van der Waals surface area contributed by atoms with Gasteiger partial charge in [0.15, 0.2) is 0 Å². The van der Waals surface area contributed by atoms with Gasteiger partial charge in [0.05, 0.1) is 15.9 Å². The van der Waals surface area contributed by atoms with Crippen LogP contribution in [-0.4, -0.2) is 9.55 Å². The minimum Gasteiger partial charge on any atom is -0.290 e. The Morgan fingerprint density at radius 3 is 2.19 bits per heavy atom. The molecule has 0 saturated carbocycles. The molecule has 0 radical (unpaired) electrons. The molecule has 2 rings (SSSR count). The van der Waals surface area contributed by atoms with E-state index in [4.69, 9.17) is 11.6 Å². The van der Waals surface area contributed by atoms with Gasteiger partial charge in [-0.3, -0.25) is 9.36 Å². The van der Waals surface area contributed by atoms with E-state index < -0.39 is 11.4 Å². The second-order valence-corrected chi connectivity index (χ2v) is 7.69. The summed E-state index contributed by atoms with van der Waals surface area (Å²) >= 11 is 6.07. The van der Waals surface area contributed by atoms with Crippen LogP contribution in [0.25, 0.3) is 10.9 Å². The summed E-state index contributed by atoms with van der Waals surface area (Å²) in [7, 11) is 0. The van der Waals surface area contributed by atoms with Crippen LogP contribution in [0.4, 0.5) is 4.39 Å². The third kappa shape index (κ3) is 2.82. The van der Waals surface area contributed by atoms with Crippen LogP contribution in [0.3, 0.4) is 0 Å². The van der Waals surface area contributed by atoms with Gasteiger partial charge >= 0.3 is 0 Å². The minimum atomic E-state index is -0.532. The number of hydrogen-bond acceptors (Lipinski definition) is 2. The molecule has 0 aliphatic rings. The van der Waals surface area contributed by atoms with Gasteiger partial charge in [-0.15, -0.1) is 0 Å². The predicted molar refractivity (Wildman–Crippen MR) is 84.7 cm³/mol. The number of rotatable bonds is 0. The SMILES string of the molecule is CC(C)(C)c1nc2c(Cl)cc(F)cc2c(=O)n1C(C)(C)C. The first-order valence-corrected chi connectivity index (χ1v) is 7.23. The number of nitrogens with zero attached hydrogens (tertiary/aromatic N) is 2. The van der Waals surface area contributed by atoms with Gasteiger partial charge in [0, 0.05) is 11.0 Å². The monoisotopic (exact) mass is 310 g/mol. The number of hydrogen-bond donors (Lipinski definition) is 0. The molecule has 0 saturated heterocycles. The second kappa shape index (κ2) is 4.80. The van der Waals surface area contributed by atoms with Gasteiger partial charge in [0.25, 0.3) is 5.56 Å². The van der Waals surface area contributed by atoms with Crippen molar-refractivity contribution < 1.29 is 4.39 Å². The average Bonchev–Trinajstić information content (AvgIpc) is 2.26. The van der Waals surface area contributed by atoms with Gasteiger partial charge in [-0.05, 0) is 32.9 Å².